The number of aromatic nitrogens is 2. The molecular weight excluding hydrogens is 324 g/mol. The molecule has 4 rings (SSSR count). The third-order valence-corrected chi connectivity index (χ3v) is 4.16. The first kappa shape index (κ1) is 16.1. The van der Waals surface area contributed by atoms with Crippen molar-refractivity contribution < 1.29 is 9.47 Å². The molecule has 3 aromatic carbocycles. The molecule has 26 heavy (non-hydrogen) atoms. The van der Waals surface area contributed by atoms with E-state index in [1.54, 1.807) is 7.11 Å². The van der Waals surface area contributed by atoms with Crippen molar-refractivity contribution in [2.24, 2.45) is 0 Å². The third kappa shape index (κ3) is 3.22. The Morgan fingerprint density at radius 3 is 2.23 bits per heavy atom. The summed E-state index contributed by atoms with van der Waals surface area (Å²) in [6, 6.07) is 23.9. The molecule has 0 aliphatic rings. The van der Waals surface area contributed by atoms with Gasteiger partial charge in [-0.05, 0) is 54.4 Å². The molecule has 4 aromatic rings. The molecule has 4 heteroatoms. The molecule has 1 heterocycles. The molecule has 0 unspecified atom stereocenters. The molecule has 0 radical (unpaired) electrons. The molecular formula is C22H18N2O2. The Balaban J connectivity index is 1.71. The van der Waals surface area contributed by atoms with E-state index in [0.29, 0.717) is 5.88 Å². The fourth-order valence-electron chi connectivity index (χ4n) is 2.94. The van der Waals surface area contributed by atoms with Crippen LogP contribution < -0.4 is 9.47 Å². The van der Waals surface area contributed by atoms with Crippen LogP contribution in [0.4, 0.5) is 0 Å². The Morgan fingerprint density at radius 2 is 1.50 bits per heavy atom. The Labute approximate surface area is 152 Å². The first-order valence-corrected chi connectivity index (χ1v) is 8.38. The highest BCUT2D eigenvalue weighted by Gasteiger charge is 2.09. The molecule has 0 N–H and O–H groups in total. The predicted octanol–water partition coefficient (Wildman–Crippen LogP) is 5.41. The van der Waals surface area contributed by atoms with Crippen molar-refractivity contribution in [2.75, 3.05) is 7.11 Å². The van der Waals surface area contributed by atoms with Crippen LogP contribution in [-0.2, 0) is 0 Å². The largest absolute Gasteiger partial charge is 0.480 e. The molecule has 0 aliphatic heterocycles. The van der Waals surface area contributed by atoms with E-state index in [4.69, 9.17) is 9.47 Å². The maximum Gasteiger partial charge on any atom is 0.233 e. The summed E-state index contributed by atoms with van der Waals surface area (Å²) in [5, 5.41) is 9.48. The second-order valence-electron chi connectivity index (χ2n) is 6.08. The van der Waals surface area contributed by atoms with Crippen molar-refractivity contribution in [3.63, 3.8) is 0 Å². The van der Waals surface area contributed by atoms with Gasteiger partial charge in [-0.3, -0.25) is 0 Å². The van der Waals surface area contributed by atoms with E-state index in [1.165, 1.54) is 0 Å². The Kier molecular flexibility index (Phi) is 4.23. The molecule has 0 bridgehead atoms. The van der Waals surface area contributed by atoms with Crippen LogP contribution in [0.3, 0.4) is 0 Å². The topological polar surface area (TPSA) is 44.2 Å². The monoisotopic (exact) mass is 342 g/mol. The van der Waals surface area contributed by atoms with Crippen molar-refractivity contribution in [3.8, 4) is 28.5 Å². The van der Waals surface area contributed by atoms with E-state index in [1.807, 2.05) is 60.7 Å². The van der Waals surface area contributed by atoms with Crippen LogP contribution in [0, 0.1) is 6.92 Å². The lowest BCUT2D eigenvalue weighted by molar-refractivity contribution is 0.393. The highest BCUT2D eigenvalue weighted by molar-refractivity contribution is 5.94. The molecule has 0 amide bonds. The number of fused-ring (bicyclic) bond motifs is 1. The lowest BCUT2D eigenvalue weighted by atomic mass is 10.00. The maximum absolute atomic E-state index is 5.87. The second-order valence-corrected chi connectivity index (χ2v) is 6.08. The van der Waals surface area contributed by atoms with Crippen LogP contribution in [-0.4, -0.2) is 17.3 Å². The van der Waals surface area contributed by atoms with Gasteiger partial charge in [0.05, 0.1) is 7.11 Å². The van der Waals surface area contributed by atoms with Gasteiger partial charge in [-0.25, -0.2) is 0 Å². The van der Waals surface area contributed by atoms with Crippen molar-refractivity contribution in [2.45, 2.75) is 6.92 Å². The van der Waals surface area contributed by atoms with Gasteiger partial charge in [-0.2, -0.15) is 0 Å². The minimum Gasteiger partial charge on any atom is -0.480 e. The third-order valence-electron chi connectivity index (χ3n) is 4.16. The lowest BCUT2D eigenvalue weighted by Crippen LogP contribution is -1.94. The highest BCUT2D eigenvalue weighted by atomic mass is 16.5. The zero-order chi connectivity index (χ0) is 17.9. The van der Waals surface area contributed by atoms with Gasteiger partial charge >= 0.3 is 0 Å². The zero-order valence-electron chi connectivity index (χ0n) is 14.6. The molecule has 0 saturated heterocycles. The standard InChI is InChI=1S/C22H18N2O2/c1-15-12-17-14-21(25-2)23-24-22(17)20(13-15)16-8-10-19(11-9-16)26-18-6-4-3-5-7-18/h3-14H,1-2H3. The Hall–Kier alpha value is -3.40. The van der Waals surface area contributed by atoms with Crippen LogP contribution in [0.15, 0.2) is 72.8 Å². The summed E-state index contributed by atoms with van der Waals surface area (Å²) in [4.78, 5) is 0. The van der Waals surface area contributed by atoms with Crippen LogP contribution in [0.25, 0.3) is 22.0 Å². The summed E-state index contributed by atoms with van der Waals surface area (Å²) in [5.74, 6) is 2.13. The highest BCUT2D eigenvalue weighted by Crippen LogP contribution is 2.31. The molecule has 0 spiro atoms. The fourth-order valence-corrected chi connectivity index (χ4v) is 2.94. The zero-order valence-corrected chi connectivity index (χ0v) is 14.6. The normalized spacial score (nSPS) is 10.7. The number of nitrogens with zero attached hydrogens (tertiary/aromatic N) is 2. The summed E-state index contributed by atoms with van der Waals surface area (Å²) in [6.07, 6.45) is 0. The quantitative estimate of drug-likeness (QED) is 0.498. The number of rotatable bonds is 4. The van der Waals surface area contributed by atoms with Crippen LogP contribution in [0.1, 0.15) is 5.56 Å². The predicted molar refractivity (Wildman–Crippen MR) is 103 cm³/mol. The first-order valence-electron chi connectivity index (χ1n) is 8.38. The van der Waals surface area contributed by atoms with E-state index in [-0.39, 0.29) is 0 Å². The molecule has 1 aromatic heterocycles. The minimum atomic E-state index is 0.514. The number of aryl methyl sites for hydroxylation is 1. The van der Waals surface area contributed by atoms with Gasteiger partial charge in [-0.15, -0.1) is 10.2 Å². The molecule has 0 atom stereocenters. The number of benzene rings is 3. The fraction of sp³-hybridized carbons (Fsp3) is 0.0909. The first-order chi connectivity index (χ1) is 12.7. The van der Waals surface area contributed by atoms with Gasteiger partial charge in [-0.1, -0.05) is 30.3 Å². The number of para-hydroxylation sites is 1. The molecule has 128 valence electrons. The van der Waals surface area contributed by atoms with Gasteiger partial charge in [0.2, 0.25) is 5.88 Å². The van der Waals surface area contributed by atoms with Crippen molar-refractivity contribution in [1.82, 2.24) is 10.2 Å². The summed E-state index contributed by atoms with van der Waals surface area (Å²) >= 11 is 0. The van der Waals surface area contributed by atoms with Crippen molar-refractivity contribution in [1.29, 1.82) is 0 Å². The van der Waals surface area contributed by atoms with Gasteiger partial charge in [0.1, 0.15) is 17.0 Å². The lowest BCUT2D eigenvalue weighted by Gasteiger charge is -2.10. The van der Waals surface area contributed by atoms with Gasteiger partial charge in [0.25, 0.3) is 0 Å². The van der Waals surface area contributed by atoms with E-state index in [2.05, 4.69) is 29.3 Å². The number of hydrogen-bond donors (Lipinski definition) is 0. The number of ether oxygens (including phenoxy) is 2. The van der Waals surface area contributed by atoms with Gasteiger partial charge < -0.3 is 9.47 Å². The van der Waals surface area contributed by atoms with Crippen molar-refractivity contribution in [3.05, 3.63) is 78.4 Å². The van der Waals surface area contributed by atoms with Crippen LogP contribution in [0.5, 0.6) is 17.4 Å². The average Bonchev–Trinajstić information content (AvgIpc) is 2.68. The smallest absolute Gasteiger partial charge is 0.233 e. The molecule has 4 nitrogen and oxygen atoms in total. The maximum atomic E-state index is 5.87. The second kappa shape index (κ2) is 6.84. The summed E-state index contributed by atoms with van der Waals surface area (Å²) in [7, 11) is 1.60. The van der Waals surface area contributed by atoms with E-state index < -0.39 is 0 Å². The van der Waals surface area contributed by atoms with Crippen molar-refractivity contribution >= 4 is 10.9 Å². The number of hydrogen-bond acceptors (Lipinski definition) is 4. The SMILES string of the molecule is COc1cc2cc(C)cc(-c3ccc(Oc4ccccc4)cc3)c2nn1. The van der Waals surface area contributed by atoms with E-state index in [0.717, 1.165) is 39.1 Å². The van der Waals surface area contributed by atoms with Crippen LogP contribution >= 0.6 is 0 Å². The minimum absolute atomic E-state index is 0.514. The number of methoxy groups -OCH3 is 1. The van der Waals surface area contributed by atoms with E-state index >= 15 is 0 Å². The Morgan fingerprint density at radius 1 is 0.769 bits per heavy atom. The summed E-state index contributed by atoms with van der Waals surface area (Å²) in [5.41, 5.74) is 4.13. The van der Waals surface area contributed by atoms with E-state index in [9.17, 15) is 0 Å². The Bertz CT molecular complexity index is 1040. The summed E-state index contributed by atoms with van der Waals surface area (Å²) < 4.78 is 11.1. The van der Waals surface area contributed by atoms with Crippen LogP contribution in [0.2, 0.25) is 0 Å². The molecule has 0 aliphatic carbocycles. The van der Waals surface area contributed by atoms with Gasteiger partial charge in [0.15, 0.2) is 0 Å². The molecule has 0 fully saturated rings. The average molecular weight is 342 g/mol. The molecule has 0 saturated carbocycles. The van der Waals surface area contributed by atoms with Gasteiger partial charge in [0, 0.05) is 17.0 Å². The summed E-state index contributed by atoms with van der Waals surface area (Å²) in [6.45, 7) is 2.07.